The summed E-state index contributed by atoms with van der Waals surface area (Å²) in [7, 11) is 0. The molecule has 695 valence electrons. The normalized spacial score (nSPS) is 21.4. The molecule has 5 aliphatic heterocycles. The van der Waals surface area contributed by atoms with E-state index in [1.807, 2.05) is 6.92 Å². The van der Waals surface area contributed by atoms with E-state index in [-0.39, 0.29) is 30.2 Å². The number of piperidine rings is 5. The molecule has 8 heterocycles. The molecule has 0 bridgehead atoms. The van der Waals surface area contributed by atoms with Crippen LogP contribution in [0, 0.1) is 6.92 Å². The van der Waals surface area contributed by atoms with Crippen molar-refractivity contribution in [2.45, 2.75) is 485 Å². The molecule has 0 amide bonds. The summed E-state index contributed by atoms with van der Waals surface area (Å²) in [5.41, 5.74) is -6.72. The molecule has 0 spiro atoms. The van der Waals surface area contributed by atoms with Crippen LogP contribution in [0.4, 0.5) is 47.6 Å². The summed E-state index contributed by atoms with van der Waals surface area (Å²) in [4.78, 5) is 69.1. The smallest absolute Gasteiger partial charge is 0.232 e. The fraction of sp³-hybridized carbons (Fsp3) is 0.905. The minimum Gasteiger partial charge on any atom is -0.341 e. The zero-order valence-electron chi connectivity index (χ0n) is 82.7. The standard InChI is InChI=1S/C95H175N22O5/c1-29-36-51-105(52-37-30-2)78-96-72(8)97-81(99-78)109(74-64-88(13,14)114(119)89(15,16)65-74)58-47-43-44-49-60-111(76-68-92(21,22)116(121)93(23,24)69-76)84-102-83(108(57-42-35-7)73-62-86(9,10)113(118)87(11,12)63-73)103-85(104-84)112(77-70-94(25,26)117(122)95(27,28)71-77)61-50-46-45-48-59-110(75-66-90(17,18)115(120)91(19,20)67-75)82-100-79(106(53-38-31-3)54-39-32-4)98-80(101-82)107(55-40-33-5)56-41-34-6/h73-77H,29-71H2,1-28H3. The molecule has 27 heteroatoms. The maximum atomic E-state index is 14.7. The van der Waals surface area contributed by atoms with Gasteiger partial charge in [0.15, 0.2) is 0 Å². The predicted octanol–water partition coefficient (Wildman–Crippen LogP) is 20.0. The first-order valence-corrected chi connectivity index (χ1v) is 48.8. The third-order valence-electron chi connectivity index (χ3n) is 27.6. The largest absolute Gasteiger partial charge is 0.341 e. The topological polar surface area (TPSA) is 258 Å². The van der Waals surface area contributed by atoms with Crippen molar-refractivity contribution in [1.82, 2.24) is 70.2 Å². The van der Waals surface area contributed by atoms with Crippen molar-refractivity contribution in [3.63, 3.8) is 0 Å². The summed E-state index contributed by atoms with van der Waals surface area (Å²) in [5.74, 6) is 6.10. The van der Waals surface area contributed by atoms with Crippen molar-refractivity contribution in [2.24, 2.45) is 0 Å². The van der Waals surface area contributed by atoms with E-state index in [0.29, 0.717) is 132 Å². The quantitative estimate of drug-likeness (QED) is 0.0476. The van der Waals surface area contributed by atoms with Crippen LogP contribution < -0.4 is 39.2 Å². The van der Waals surface area contributed by atoms with Crippen LogP contribution in [0.2, 0.25) is 0 Å². The highest BCUT2D eigenvalue weighted by Crippen LogP contribution is 2.47. The van der Waals surface area contributed by atoms with E-state index in [1.54, 1.807) is 0 Å². The van der Waals surface area contributed by atoms with Crippen molar-refractivity contribution < 1.29 is 26.0 Å². The number of anilines is 8. The van der Waals surface area contributed by atoms with Gasteiger partial charge in [0, 0.05) is 158 Å². The van der Waals surface area contributed by atoms with Crippen LogP contribution >= 0.6 is 0 Å². The molecule has 8 rings (SSSR count). The molecular formula is C95H175N22O5. The molecular weight excluding hydrogens is 1530 g/mol. The number of unbranched alkanes of at least 4 members (excludes halogenated alkanes) is 13. The average molecular weight is 1710 g/mol. The number of hydrogen-bond acceptors (Lipinski definition) is 22. The summed E-state index contributed by atoms with van der Waals surface area (Å²) in [6.45, 7) is 68.1. The summed E-state index contributed by atoms with van der Waals surface area (Å²) < 4.78 is 0. The summed E-state index contributed by atoms with van der Waals surface area (Å²) in [5, 5.41) is 78.7. The molecule has 122 heavy (non-hydrogen) atoms. The molecule has 0 atom stereocenters. The number of aromatic nitrogens is 9. The Kier molecular flexibility index (Phi) is 36.5. The van der Waals surface area contributed by atoms with E-state index in [0.717, 1.165) is 198 Å². The van der Waals surface area contributed by atoms with Crippen LogP contribution in [0.25, 0.3) is 0 Å². The molecule has 0 N–H and O–H groups in total. The van der Waals surface area contributed by atoms with E-state index < -0.39 is 55.4 Å². The molecule has 0 aromatic carbocycles. The minimum atomic E-state index is -0.721. The van der Waals surface area contributed by atoms with Crippen LogP contribution in [0.5, 0.6) is 0 Å². The summed E-state index contributed by atoms with van der Waals surface area (Å²) >= 11 is 0. The lowest BCUT2D eigenvalue weighted by Crippen LogP contribution is -2.63. The van der Waals surface area contributed by atoms with Gasteiger partial charge in [-0.25, -0.2) is 0 Å². The van der Waals surface area contributed by atoms with Gasteiger partial charge in [-0.1, -0.05) is 119 Å². The van der Waals surface area contributed by atoms with Crippen LogP contribution in [-0.4, -0.2) is 228 Å². The fourth-order valence-electron chi connectivity index (χ4n) is 21.8. The van der Waals surface area contributed by atoms with Crippen molar-refractivity contribution in [1.29, 1.82) is 0 Å². The van der Waals surface area contributed by atoms with Gasteiger partial charge < -0.3 is 39.2 Å². The molecule has 0 saturated carbocycles. The summed E-state index contributed by atoms with van der Waals surface area (Å²) in [6.07, 6.45) is 27.8. The number of aryl methyl sites for hydroxylation is 1. The van der Waals surface area contributed by atoms with E-state index in [1.165, 1.54) is 25.3 Å². The first kappa shape index (κ1) is 102. The molecule has 27 nitrogen and oxygen atoms in total. The van der Waals surface area contributed by atoms with Gasteiger partial charge in [-0.15, -0.1) is 51.4 Å². The predicted molar refractivity (Wildman–Crippen MR) is 497 cm³/mol. The molecule has 5 fully saturated rings. The Morgan fingerprint density at radius 2 is 0.352 bits per heavy atom. The maximum absolute atomic E-state index is 14.7. The summed E-state index contributed by atoms with van der Waals surface area (Å²) in [6, 6.07) is -0.318. The average Bonchev–Trinajstić information content (AvgIpc) is 0.758. The second-order valence-corrected chi connectivity index (χ2v) is 44.1. The lowest BCUT2D eigenvalue weighted by Gasteiger charge is -2.53. The Hall–Kier alpha value is -4.97. The van der Waals surface area contributed by atoms with Gasteiger partial charge in [-0.05, 0) is 280 Å². The Balaban J connectivity index is 1.21. The van der Waals surface area contributed by atoms with E-state index >= 15 is 0 Å². The van der Waals surface area contributed by atoms with Gasteiger partial charge >= 0.3 is 0 Å². The highest BCUT2D eigenvalue weighted by molar-refractivity contribution is 5.51. The van der Waals surface area contributed by atoms with Crippen LogP contribution in [0.3, 0.4) is 0 Å². The number of rotatable bonds is 48. The highest BCUT2D eigenvalue weighted by Gasteiger charge is 2.54. The van der Waals surface area contributed by atoms with E-state index in [4.69, 9.17) is 44.9 Å². The van der Waals surface area contributed by atoms with Crippen LogP contribution in [-0.2, 0) is 26.0 Å². The number of hydroxylamine groups is 10. The first-order chi connectivity index (χ1) is 57.1. The lowest BCUT2D eigenvalue weighted by atomic mass is 9.78. The monoisotopic (exact) mass is 1700 g/mol. The first-order valence-electron chi connectivity index (χ1n) is 48.8. The van der Waals surface area contributed by atoms with Gasteiger partial charge in [0.2, 0.25) is 47.6 Å². The zero-order valence-corrected chi connectivity index (χ0v) is 82.7. The van der Waals surface area contributed by atoms with Gasteiger partial charge in [-0.3, -0.25) is 0 Å². The van der Waals surface area contributed by atoms with Crippen molar-refractivity contribution >= 4 is 47.6 Å². The highest BCUT2D eigenvalue weighted by atomic mass is 16.5. The van der Waals surface area contributed by atoms with Crippen molar-refractivity contribution in [2.75, 3.05) is 111 Å². The van der Waals surface area contributed by atoms with Gasteiger partial charge in [0.1, 0.15) is 5.82 Å². The molecule has 0 aliphatic carbocycles. The Labute approximate surface area is 741 Å². The number of hydrogen-bond donors (Lipinski definition) is 0. The number of nitrogens with zero attached hydrogens (tertiary/aromatic N) is 22. The third kappa shape index (κ3) is 26.2. The SMILES string of the molecule is CCCCN(CCCC)c1nc(C)nc(N(CCCCCCN(c2nc(N(CCCC)C3CC(C)(C)N([O])C(C)(C)C3)nc(N(CCCCCCN(c3nc(N(CCCC)CCCC)nc(N(CCCC)CCCC)n3)C3CC(C)(C)N([O])C(C)(C)C3)C3CC(C)(C)N([O])C(C)(C)C3)n2)C2CC(C)(C)N([O])C(C)(C)C2)C2CC(C)(C)N([O])C(C)(C)C2)n1. The lowest BCUT2D eigenvalue weighted by molar-refractivity contribution is -0.289. The fourth-order valence-corrected chi connectivity index (χ4v) is 21.8. The van der Waals surface area contributed by atoms with Crippen molar-refractivity contribution in [3.05, 3.63) is 5.82 Å². The Morgan fingerprint density at radius 3 is 0.541 bits per heavy atom. The molecule has 3 aromatic rings. The Morgan fingerprint density at radius 1 is 0.213 bits per heavy atom. The molecule has 5 aliphatic rings. The van der Waals surface area contributed by atoms with Crippen LogP contribution in [0.15, 0.2) is 0 Å². The van der Waals surface area contributed by atoms with Crippen LogP contribution in [0.1, 0.15) is 398 Å². The van der Waals surface area contributed by atoms with E-state index in [9.17, 15) is 26.0 Å². The third-order valence-corrected chi connectivity index (χ3v) is 27.6. The zero-order chi connectivity index (χ0) is 90.4. The van der Waals surface area contributed by atoms with Gasteiger partial charge in [-0.2, -0.15) is 44.9 Å². The van der Waals surface area contributed by atoms with Crippen molar-refractivity contribution in [3.8, 4) is 0 Å². The van der Waals surface area contributed by atoms with Gasteiger partial charge in [0.05, 0.1) is 0 Å². The van der Waals surface area contributed by atoms with Gasteiger partial charge in [0.25, 0.3) is 0 Å². The molecule has 5 saturated heterocycles. The van der Waals surface area contributed by atoms with E-state index in [2.05, 4.69) is 226 Å². The minimum absolute atomic E-state index is 0.00764. The second-order valence-electron chi connectivity index (χ2n) is 44.1. The maximum Gasteiger partial charge on any atom is 0.232 e. The Bertz CT molecular complexity index is 3500. The second kappa shape index (κ2) is 43.4. The molecule has 0 unspecified atom stereocenters. The molecule has 5 radical (unpaired) electrons. The molecule has 3 aromatic heterocycles.